The Balaban J connectivity index is 1.17. The lowest BCUT2D eigenvalue weighted by Gasteiger charge is -2.30. The molecule has 0 aliphatic heterocycles. The van der Waals surface area contributed by atoms with E-state index in [2.05, 4.69) is 24.0 Å². The Kier molecular flexibility index (Phi) is 12.7. The number of ether oxygens (including phenoxy) is 2. The number of benzene rings is 2. The first-order valence-corrected chi connectivity index (χ1v) is 17.7. The lowest BCUT2D eigenvalue weighted by molar-refractivity contribution is -0.139. The Bertz CT molecular complexity index is 1550. The van der Waals surface area contributed by atoms with Crippen LogP contribution < -0.4 is 4.74 Å². The number of carbonyl (C=O) groups is 1. The first-order chi connectivity index (χ1) is 23.6. The molecule has 1 amide bonds. The van der Waals surface area contributed by atoms with Crippen LogP contribution >= 0.6 is 11.6 Å². The fourth-order valence-electron chi connectivity index (χ4n) is 6.17. The average molecular weight is 697 g/mol. The molecule has 1 unspecified atom stereocenters. The summed E-state index contributed by atoms with van der Waals surface area (Å²) in [6.07, 6.45) is 3.01. The molecule has 2 fully saturated rings. The summed E-state index contributed by atoms with van der Waals surface area (Å²) in [4.78, 5) is 18.8. The maximum Gasteiger partial charge on any atom is 0.222 e. The zero-order valence-corrected chi connectivity index (χ0v) is 29.0. The van der Waals surface area contributed by atoms with E-state index in [1.54, 1.807) is 6.92 Å². The molecule has 1 aromatic heterocycles. The van der Waals surface area contributed by atoms with Crippen LogP contribution in [0.2, 0.25) is 5.02 Å². The third kappa shape index (κ3) is 9.38. The third-order valence-corrected chi connectivity index (χ3v) is 10.0. The number of para-hydroxylation sites is 1. The number of aliphatic hydroxyl groups excluding tert-OH is 5. The molecule has 0 radical (unpaired) electrons. The third-order valence-electron chi connectivity index (χ3n) is 9.65. The van der Waals surface area contributed by atoms with E-state index in [0.29, 0.717) is 24.6 Å². The topological polar surface area (TPSA) is 153 Å². The molecule has 49 heavy (non-hydrogen) atoms. The first kappa shape index (κ1) is 37.2. The van der Waals surface area contributed by atoms with Gasteiger partial charge in [-0.3, -0.25) is 9.78 Å². The van der Waals surface area contributed by atoms with Gasteiger partial charge in [0.2, 0.25) is 5.91 Å². The lowest BCUT2D eigenvalue weighted by atomic mass is 9.94. The van der Waals surface area contributed by atoms with Crippen molar-refractivity contribution in [3.8, 4) is 16.9 Å². The van der Waals surface area contributed by atoms with Crippen molar-refractivity contribution in [1.82, 2.24) is 9.88 Å². The quantitative estimate of drug-likeness (QED) is 0.120. The number of hydrogen-bond donors (Lipinski definition) is 5. The highest BCUT2D eigenvalue weighted by atomic mass is 35.5. The molecule has 3 aromatic rings. The molecule has 0 saturated heterocycles. The van der Waals surface area contributed by atoms with Gasteiger partial charge in [0.1, 0.15) is 30.2 Å². The van der Waals surface area contributed by atoms with E-state index in [9.17, 15) is 25.2 Å². The fourth-order valence-corrected chi connectivity index (χ4v) is 6.34. The number of aromatic nitrogens is 1. The predicted octanol–water partition coefficient (Wildman–Crippen LogP) is 4.71. The molecule has 5 atom stereocenters. The van der Waals surface area contributed by atoms with Crippen molar-refractivity contribution >= 4 is 17.5 Å². The van der Waals surface area contributed by atoms with Gasteiger partial charge in [0.25, 0.3) is 0 Å². The average Bonchev–Trinajstić information content (AvgIpc) is 4.07. The Morgan fingerprint density at radius 2 is 1.78 bits per heavy atom. The molecule has 266 valence electrons. The number of aliphatic hydroxyl groups is 5. The molecule has 5 rings (SSSR count). The number of nitrogens with zero attached hydrogens (tertiary/aromatic N) is 2. The largest absolute Gasteiger partial charge is 0.490 e. The highest BCUT2D eigenvalue weighted by Crippen LogP contribution is 2.53. The summed E-state index contributed by atoms with van der Waals surface area (Å²) in [6, 6.07) is 16.2. The van der Waals surface area contributed by atoms with Gasteiger partial charge in [0, 0.05) is 48.1 Å². The van der Waals surface area contributed by atoms with Gasteiger partial charge in [-0.15, -0.1) is 0 Å². The van der Waals surface area contributed by atoms with E-state index in [4.69, 9.17) is 26.2 Å². The van der Waals surface area contributed by atoms with Crippen LogP contribution in [-0.4, -0.2) is 91.5 Å². The number of amides is 1. The second-order valence-corrected chi connectivity index (χ2v) is 13.8. The van der Waals surface area contributed by atoms with Gasteiger partial charge in [-0.1, -0.05) is 48.9 Å². The minimum Gasteiger partial charge on any atom is -0.490 e. The number of pyridine rings is 1. The maximum absolute atomic E-state index is 12.9. The highest BCUT2D eigenvalue weighted by molar-refractivity contribution is 6.31. The van der Waals surface area contributed by atoms with Gasteiger partial charge in [-0.05, 0) is 86.3 Å². The van der Waals surface area contributed by atoms with Gasteiger partial charge in [0.15, 0.2) is 0 Å². The van der Waals surface area contributed by atoms with Crippen molar-refractivity contribution in [2.24, 2.45) is 0 Å². The Morgan fingerprint density at radius 3 is 2.47 bits per heavy atom. The summed E-state index contributed by atoms with van der Waals surface area (Å²) in [6.45, 7) is 3.55. The van der Waals surface area contributed by atoms with Crippen molar-refractivity contribution in [3.05, 3.63) is 82.6 Å². The monoisotopic (exact) mass is 696 g/mol. The maximum atomic E-state index is 12.9. The molecule has 2 aliphatic rings. The Morgan fingerprint density at radius 1 is 1.04 bits per heavy atom. The summed E-state index contributed by atoms with van der Waals surface area (Å²) in [5, 5.41) is 49.6. The van der Waals surface area contributed by atoms with Crippen LogP contribution in [0.25, 0.3) is 11.1 Å². The highest BCUT2D eigenvalue weighted by Gasteiger charge is 2.48. The van der Waals surface area contributed by atoms with E-state index >= 15 is 0 Å². The second-order valence-electron chi connectivity index (χ2n) is 13.4. The lowest BCUT2D eigenvalue weighted by Crippen LogP contribution is -2.50. The molecule has 11 heteroatoms. The van der Waals surface area contributed by atoms with Gasteiger partial charge >= 0.3 is 0 Å². The van der Waals surface area contributed by atoms with Crippen LogP contribution in [0.1, 0.15) is 81.4 Å². The first-order valence-electron chi connectivity index (χ1n) is 17.3. The van der Waals surface area contributed by atoms with E-state index in [1.807, 2.05) is 48.8 Å². The molecule has 2 aromatic carbocycles. The van der Waals surface area contributed by atoms with Crippen LogP contribution in [0.15, 0.2) is 60.9 Å². The number of carbonyl (C=O) groups excluding carboxylic acids is 1. The molecule has 2 aliphatic carbocycles. The van der Waals surface area contributed by atoms with Crippen molar-refractivity contribution in [2.45, 2.75) is 107 Å². The molecule has 2 saturated carbocycles. The van der Waals surface area contributed by atoms with Crippen molar-refractivity contribution in [2.75, 3.05) is 19.7 Å². The van der Waals surface area contributed by atoms with E-state index in [1.165, 1.54) is 4.90 Å². The smallest absolute Gasteiger partial charge is 0.222 e. The molecule has 0 bridgehead atoms. The predicted molar refractivity (Wildman–Crippen MR) is 186 cm³/mol. The number of halogens is 1. The molecular weight excluding hydrogens is 648 g/mol. The Labute approximate surface area is 293 Å². The van der Waals surface area contributed by atoms with Crippen LogP contribution in [0.3, 0.4) is 0 Å². The van der Waals surface area contributed by atoms with Crippen molar-refractivity contribution < 1.29 is 39.8 Å². The SMILES string of the molecule is CCN(C[C@H](O)[C@@H](O)[C@H](O)[C@H](O)CO)C(=O)CCCC(C)c1ccc(Cl)c(COC2(c3cnccc3-c3ccccc3OC3CC3)CC2)c1. The van der Waals surface area contributed by atoms with Crippen molar-refractivity contribution in [1.29, 1.82) is 0 Å². The van der Waals surface area contributed by atoms with Crippen LogP contribution in [0, 0.1) is 0 Å². The number of rotatable bonds is 19. The van der Waals surface area contributed by atoms with Gasteiger partial charge in [-0.2, -0.15) is 0 Å². The standard InChI is InChI=1S/C38H49ClN2O8/c1-3-41(21-32(43)36(46)37(47)33(44)22-42)35(45)10-6-7-24(2)25-11-14-31(39)26(19-25)23-48-38(16-17-38)30-20-40-18-15-28(30)29-8-4-5-9-34(29)49-27-12-13-27/h4-5,8-9,11,14-15,18-20,24,27,32-33,36-37,42-44,46-47H,3,6-7,10,12-13,16-17,21-23H2,1-2H3/t24?,32-,33+,36+,37+/m0/s1. The molecule has 10 nitrogen and oxygen atoms in total. The normalized spacial score (nSPS) is 18.3. The molecule has 0 spiro atoms. The van der Waals surface area contributed by atoms with Crippen molar-refractivity contribution in [3.63, 3.8) is 0 Å². The summed E-state index contributed by atoms with van der Waals surface area (Å²) in [5.74, 6) is 0.840. The van der Waals surface area contributed by atoms with Crippen LogP contribution in [0.4, 0.5) is 0 Å². The molecule has 1 heterocycles. The minimum absolute atomic E-state index is 0.143. The Hall–Kier alpha value is -3.09. The zero-order valence-electron chi connectivity index (χ0n) is 28.2. The fraction of sp³-hybridized carbons (Fsp3) is 0.526. The second kappa shape index (κ2) is 16.7. The zero-order chi connectivity index (χ0) is 35.1. The summed E-state index contributed by atoms with van der Waals surface area (Å²) in [7, 11) is 0. The van der Waals surface area contributed by atoms with E-state index < -0.39 is 36.6 Å². The van der Waals surface area contributed by atoms with E-state index in [0.717, 1.165) is 65.7 Å². The summed E-state index contributed by atoms with van der Waals surface area (Å²) < 4.78 is 12.9. The molecular formula is C38H49ClN2O8. The van der Waals surface area contributed by atoms with E-state index in [-0.39, 0.29) is 30.9 Å². The van der Waals surface area contributed by atoms with Gasteiger partial charge in [-0.25, -0.2) is 0 Å². The minimum atomic E-state index is -1.74. The van der Waals surface area contributed by atoms with Gasteiger partial charge < -0.3 is 39.9 Å². The summed E-state index contributed by atoms with van der Waals surface area (Å²) in [5.41, 5.74) is 4.70. The molecule has 5 N–H and O–H groups in total. The van der Waals surface area contributed by atoms with Gasteiger partial charge in [0.05, 0.1) is 24.9 Å². The number of likely N-dealkylation sites (N-methyl/N-ethyl adjacent to an activating group) is 1. The summed E-state index contributed by atoms with van der Waals surface area (Å²) >= 11 is 6.66. The number of hydrogen-bond acceptors (Lipinski definition) is 9. The van der Waals surface area contributed by atoms with Crippen LogP contribution in [0.5, 0.6) is 5.75 Å². The van der Waals surface area contributed by atoms with Crippen LogP contribution in [-0.2, 0) is 21.7 Å².